The van der Waals surface area contributed by atoms with Gasteiger partial charge in [-0.25, -0.2) is 4.79 Å². The summed E-state index contributed by atoms with van der Waals surface area (Å²) >= 11 is 0. The van der Waals surface area contributed by atoms with E-state index in [9.17, 15) is 4.79 Å². The van der Waals surface area contributed by atoms with Crippen LogP contribution in [-0.2, 0) is 9.53 Å². The van der Waals surface area contributed by atoms with E-state index >= 15 is 0 Å². The number of ether oxygens (including phenoxy) is 1. The molecule has 0 unspecified atom stereocenters. The molecular formula is C12H20N2O2. The average molecular weight is 224 g/mol. The minimum atomic E-state index is -0.356. The Morgan fingerprint density at radius 1 is 1.44 bits per heavy atom. The first-order valence-electron chi connectivity index (χ1n) is 5.72. The second-order valence-corrected chi connectivity index (χ2v) is 3.79. The Bertz CT molecular complexity index is 264. The topological polar surface area (TPSA) is 32.8 Å². The number of hydrogen-bond acceptors (Lipinski definition) is 4. The third-order valence-electron chi connectivity index (χ3n) is 2.44. The van der Waals surface area contributed by atoms with Gasteiger partial charge in [0.2, 0.25) is 0 Å². The molecule has 16 heavy (non-hydrogen) atoms. The molecule has 0 saturated carbocycles. The minimum Gasteiger partial charge on any atom is -0.461 e. The molecule has 4 heteroatoms. The van der Waals surface area contributed by atoms with Gasteiger partial charge in [-0.2, -0.15) is 0 Å². The fourth-order valence-corrected chi connectivity index (χ4v) is 1.49. The van der Waals surface area contributed by atoms with E-state index in [0.29, 0.717) is 6.61 Å². The van der Waals surface area contributed by atoms with Crippen molar-refractivity contribution in [1.82, 2.24) is 9.80 Å². The van der Waals surface area contributed by atoms with Crippen LogP contribution >= 0.6 is 0 Å². The Kier molecular flexibility index (Phi) is 5.46. The molecule has 1 heterocycles. The molecule has 0 aromatic carbocycles. The lowest BCUT2D eigenvalue weighted by Crippen LogP contribution is -2.28. The molecule has 0 N–H and O–H groups in total. The summed E-state index contributed by atoms with van der Waals surface area (Å²) in [5.41, 5.74) is 0. The van der Waals surface area contributed by atoms with Gasteiger partial charge in [0.1, 0.15) is 6.61 Å². The van der Waals surface area contributed by atoms with E-state index in [1.165, 1.54) is 18.9 Å². The third-order valence-corrected chi connectivity index (χ3v) is 2.44. The quantitative estimate of drug-likeness (QED) is 0.485. The normalized spacial score (nSPS) is 14.3. The van der Waals surface area contributed by atoms with Crippen LogP contribution in [0.2, 0.25) is 0 Å². The Morgan fingerprint density at radius 2 is 2.12 bits per heavy atom. The summed E-state index contributed by atoms with van der Waals surface area (Å²) in [4.78, 5) is 15.2. The van der Waals surface area contributed by atoms with E-state index in [4.69, 9.17) is 4.74 Å². The molecule has 0 atom stereocenters. The van der Waals surface area contributed by atoms with Crippen molar-refractivity contribution in [1.29, 1.82) is 0 Å². The highest BCUT2D eigenvalue weighted by Crippen LogP contribution is 2.07. The van der Waals surface area contributed by atoms with Gasteiger partial charge >= 0.3 is 5.97 Å². The van der Waals surface area contributed by atoms with Crippen molar-refractivity contribution in [3.8, 4) is 0 Å². The van der Waals surface area contributed by atoms with E-state index < -0.39 is 0 Å². The van der Waals surface area contributed by atoms with Crippen LogP contribution in [0.5, 0.6) is 0 Å². The monoisotopic (exact) mass is 224 g/mol. The molecule has 1 rings (SSSR count). The summed E-state index contributed by atoms with van der Waals surface area (Å²) in [6.07, 6.45) is 7.74. The van der Waals surface area contributed by atoms with Gasteiger partial charge in [-0.3, -0.25) is 0 Å². The molecule has 1 aliphatic rings. The number of nitrogens with zero attached hydrogens (tertiary/aromatic N) is 2. The first kappa shape index (κ1) is 12.6. The van der Waals surface area contributed by atoms with E-state index in [2.05, 4.69) is 29.5 Å². The molecule has 90 valence electrons. The Balaban J connectivity index is 2.10. The van der Waals surface area contributed by atoms with Crippen LogP contribution in [0.1, 0.15) is 19.8 Å². The van der Waals surface area contributed by atoms with E-state index in [1.54, 1.807) is 0 Å². The lowest BCUT2D eigenvalue weighted by Gasteiger charge is -2.20. The number of carbonyl (C=O) groups is 1. The summed E-state index contributed by atoms with van der Waals surface area (Å²) in [6, 6.07) is 0. The number of hydrogen-bond donors (Lipinski definition) is 0. The zero-order valence-corrected chi connectivity index (χ0v) is 9.89. The third kappa shape index (κ3) is 4.38. The van der Waals surface area contributed by atoms with Crippen molar-refractivity contribution in [3.05, 3.63) is 25.1 Å². The van der Waals surface area contributed by atoms with E-state index in [-0.39, 0.29) is 5.97 Å². The molecule has 0 bridgehead atoms. The molecular weight excluding hydrogens is 204 g/mol. The summed E-state index contributed by atoms with van der Waals surface area (Å²) in [5.74, 6) is -0.356. The Hall–Kier alpha value is -1.45. The standard InChI is InChI=1S/C12H20N2O2/c1-3-5-6-13-7-8-14(11-13)9-10-16-12(15)4-2/h4,7-8H,2-3,5-6,9-11H2,1H3. The van der Waals surface area contributed by atoms with Crippen LogP contribution in [-0.4, -0.2) is 42.1 Å². The number of esters is 1. The van der Waals surface area contributed by atoms with Crippen molar-refractivity contribution in [2.75, 3.05) is 26.4 Å². The summed E-state index contributed by atoms with van der Waals surface area (Å²) in [6.45, 7) is 8.67. The smallest absolute Gasteiger partial charge is 0.330 e. The van der Waals surface area contributed by atoms with Gasteiger partial charge in [0.05, 0.1) is 13.2 Å². The minimum absolute atomic E-state index is 0.356. The molecule has 0 radical (unpaired) electrons. The van der Waals surface area contributed by atoms with Crippen LogP contribution in [0.25, 0.3) is 0 Å². The zero-order chi connectivity index (χ0) is 11.8. The van der Waals surface area contributed by atoms with Crippen LogP contribution in [0.4, 0.5) is 0 Å². The van der Waals surface area contributed by atoms with Gasteiger partial charge in [0, 0.05) is 25.0 Å². The first-order valence-corrected chi connectivity index (χ1v) is 5.72. The fraction of sp³-hybridized carbons (Fsp3) is 0.583. The molecule has 0 fully saturated rings. The average Bonchev–Trinajstić information content (AvgIpc) is 2.74. The van der Waals surface area contributed by atoms with E-state index in [1.807, 2.05) is 6.20 Å². The van der Waals surface area contributed by atoms with Gasteiger partial charge in [0.25, 0.3) is 0 Å². The maximum Gasteiger partial charge on any atom is 0.330 e. The highest BCUT2D eigenvalue weighted by atomic mass is 16.5. The van der Waals surface area contributed by atoms with Crippen molar-refractivity contribution in [2.24, 2.45) is 0 Å². The second-order valence-electron chi connectivity index (χ2n) is 3.79. The zero-order valence-electron chi connectivity index (χ0n) is 9.89. The number of rotatable bonds is 7. The number of carbonyl (C=O) groups excluding carboxylic acids is 1. The Labute approximate surface area is 97.2 Å². The molecule has 0 aromatic heterocycles. The lowest BCUT2D eigenvalue weighted by molar-refractivity contribution is -0.138. The van der Waals surface area contributed by atoms with Crippen LogP contribution < -0.4 is 0 Å². The highest BCUT2D eigenvalue weighted by Gasteiger charge is 2.11. The molecule has 0 spiro atoms. The maximum atomic E-state index is 10.8. The van der Waals surface area contributed by atoms with Crippen molar-refractivity contribution < 1.29 is 9.53 Å². The first-order chi connectivity index (χ1) is 7.76. The lowest BCUT2D eigenvalue weighted by atomic mass is 10.3. The summed E-state index contributed by atoms with van der Waals surface area (Å²) in [5, 5.41) is 0. The molecule has 0 aromatic rings. The predicted molar refractivity (Wildman–Crippen MR) is 63.5 cm³/mol. The Morgan fingerprint density at radius 3 is 2.75 bits per heavy atom. The van der Waals surface area contributed by atoms with Crippen molar-refractivity contribution in [2.45, 2.75) is 19.8 Å². The van der Waals surface area contributed by atoms with Crippen LogP contribution in [0, 0.1) is 0 Å². The summed E-state index contributed by atoms with van der Waals surface area (Å²) in [7, 11) is 0. The van der Waals surface area contributed by atoms with Gasteiger partial charge in [-0.05, 0) is 6.42 Å². The molecule has 1 aliphatic heterocycles. The second kappa shape index (κ2) is 6.93. The number of unbranched alkanes of at least 4 members (excludes halogenated alkanes) is 1. The maximum absolute atomic E-state index is 10.8. The van der Waals surface area contributed by atoms with Gasteiger partial charge < -0.3 is 14.5 Å². The van der Waals surface area contributed by atoms with Crippen LogP contribution in [0.3, 0.4) is 0 Å². The largest absolute Gasteiger partial charge is 0.461 e. The molecule has 0 saturated heterocycles. The van der Waals surface area contributed by atoms with E-state index in [0.717, 1.165) is 19.8 Å². The fourth-order valence-electron chi connectivity index (χ4n) is 1.49. The highest BCUT2D eigenvalue weighted by molar-refractivity contribution is 5.81. The predicted octanol–water partition coefficient (Wildman–Crippen LogP) is 1.56. The molecule has 4 nitrogen and oxygen atoms in total. The van der Waals surface area contributed by atoms with Crippen LogP contribution in [0.15, 0.2) is 25.1 Å². The van der Waals surface area contributed by atoms with Gasteiger partial charge in [0.15, 0.2) is 0 Å². The SMILES string of the molecule is C=CC(=O)OCCN1C=CN(CCCC)C1. The van der Waals surface area contributed by atoms with Crippen molar-refractivity contribution in [3.63, 3.8) is 0 Å². The molecule has 0 aliphatic carbocycles. The molecule has 0 amide bonds. The van der Waals surface area contributed by atoms with Crippen molar-refractivity contribution >= 4 is 5.97 Å². The van der Waals surface area contributed by atoms with Gasteiger partial charge in [-0.15, -0.1) is 0 Å². The van der Waals surface area contributed by atoms with Gasteiger partial charge in [-0.1, -0.05) is 19.9 Å². The summed E-state index contributed by atoms with van der Waals surface area (Å²) < 4.78 is 4.92.